The molecule has 0 bridgehead atoms. The van der Waals surface area contributed by atoms with E-state index in [1.165, 1.54) is 0 Å². The number of carbonyl (C=O) groups is 2. The van der Waals surface area contributed by atoms with Gasteiger partial charge < -0.3 is 15.1 Å². The Morgan fingerprint density at radius 3 is 2.78 bits per heavy atom. The van der Waals surface area contributed by atoms with Gasteiger partial charge in [0.15, 0.2) is 0 Å². The summed E-state index contributed by atoms with van der Waals surface area (Å²) < 4.78 is 3.59. The fourth-order valence-corrected chi connectivity index (χ4v) is 3.14. The van der Waals surface area contributed by atoms with Crippen LogP contribution in [0.2, 0.25) is 0 Å². The molecule has 2 aromatic rings. The molecule has 0 saturated carbocycles. The number of aryl methyl sites for hydroxylation is 2. The average Bonchev–Trinajstić information content (AvgIpc) is 3.18. The van der Waals surface area contributed by atoms with Gasteiger partial charge in [-0.3, -0.25) is 14.2 Å². The Balaban J connectivity index is 1.62. The number of fused-ring (bicyclic) bond motifs is 1. The van der Waals surface area contributed by atoms with Crippen LogP contribution in [0.3, 0.4) is 0 Å². The molecular formula is C18H27N7O2. The second-order valence-electron chi connectivity index (χ2n) is 7.19. The third-order valence-electron chi connectivity index (χ3n) is 4.67. The predicted molar refractivity (Wildman–Crippen MR) is 99.9 cm³/mol. The first-order valence-electron chi connectivity index (χ1n) is 9.15. The van der Waals surface area contributed by atoms with Crippen molar-refractivity contribution in [3.05, 3.63) is 35.4 Å². The van der Waals surface area contributed by atoms with Crippen LogP contribution in [0, 0.1) is 6.92 Å². The molecule has 0 spiro atoms. The zero-order valence-corrected chi connectivity index (χ0v) is 16.3. The molecule has 0 aliphatic carbocycles. The Bertz CT molecular complexity index is 824. The fourth-order valence-electron chi connectivity index (χ4n) is 3.14. The molecule has 1 aliphatic rings. The summed E-state index contributed by atoms with van der Waals surface area (Å²) in [6, 6.07) is 1.58. The van der Waals surface area contributed by atoms with E-state index in [9.17, 15) is 9.59 Å². The number of nitrogens with zero attached hydrogens (tertiary/aromatic N) is 6. The first kappa shape index (κ1) is 18.9. The van der Waals surface area contributed by atoms with Crippen molar-refractivity contribution < 1.29 is 9.59 Å². The van der Waals surface area contributed by atoms with Crippen LogP contribution in [0.1, 0.15) is 36.3 Å². The van der Waals surface area contributed by atoms with E-state index in [-0.39, 0.29) is 18.0 Å². The zero-order chi connectivity index (χ0) is 19.6. The van der Waals surface area contributed by atoms with Gasteiger partial charge in [-0.05, 0) is 31.9 Å². The van der Waals surface area contributed by atoms with Gasteiger partial charge in [-0.25, -0.2) is 4.79 Å². The highest BCUT2D eigenvalue weighted by Crippen LogP contribution is 2.15. The van der Waals surface area contributed by atoms with Crippen LogP contribution >= 0.6 is 0 Å². The molecule has 3 amide bonds. The summed E-state index contributed by atoms with van der Waals surface area (Å²) in [4.78, 5) is 28.0. The van der Waals surface area contributed by atoms with E-state index >= 15 is 0 Å². The van der Waals surface area contributed by atoms with E-state index in [1.807, 2.05) is 35.7 Å². The lowest BCUT2D eigenvalue weighted by molar-refractivity contribution is -0.124. The molecule has 0 radical (unpaired) electrons. The summed E-state index contributed by atoms with van der Waals surface area (Å²) in [5, 5.41) is 11.7. The molecule has 1 unspecified atom stereocenters. The Morgan fingerprint density at radius 1 is 1.33 bits per heavy atom. The third-order valence-corrected chi connectivity index (χ3v) is 4.67. The van der Waals surface area contributed by atoms with E-state index in [0.29, 0.717) is 19.6 Å². The number of nitrogens with one attached hydrogen (secondary N) is 1. The first-order chi connectivity index (χ1) is 12.8. The maximum Gasteiger partial charge on any atom is 0.319 e. The Labute approximate surface area is 158 Å². The summed E-state index contributed by atoms with van der Waals surface area (Å²) >= 11 is 0. The smallest absolute Gasteiger partial charge is 0.319 e. The van der Waals surface area contributed by atoms with E-state index in [2.05, 4.69) is 15.5 Å². The van der Waals surface area contributed by atoms with Gasteiger partial charge >= 0.3 is 6.03 Å². The van der Waals surface area contributed by atoms with E-state index in [1.54, 1.807) is 29.9 Å². The number of hydrogen-bond acceptors (Lipinski definition) is 4. The number of aromatic nitrogens is 4. The summed E-state index contributed by atoms with van der Waals surface area (Å²) in [6.07, 6.45) is 4.44. The van der Waals surface area contributed by atoms with Crippen molar-refractivity contribution in [3.8, 4) is 0 Å². The Kier molecular flexibility index (Phi) is 5.48. The molecule has 0 fully saturated rings. The van der Waals surface area contributed by atoms with E-state index in [0.717, 1.165) is 29.9 Å². The number of urea groups is 1. The standard InChI is InChI=1S/C18H27N7O2/c1-13-9-20-25(11-13)14(2)17(26)19-10-15-8-16-12-23(18(27)22(3)4)6-5-7-24(16)21-15/h8-9,11,14H,5-7,10,12H2,1-4H3,(H,19,26). The number of hydrogen-bond donors (Lipinski definition) is 1. The fraction of sp³-hybridized carbons (Fsp3) is 0.556. The normalized spacial score (nSPS) is 15.0. The quantitative estimate of drug-likeness (QED) is 0.871. The molecule has 0 saturated heterocycles. The lowest BCUT2D eigenvalue weighted by Crippen LogP contribution is -2.38. The summed E-state index contributed by atoms with van der Waals surface area (Å²) in [7, 11) is 3.52. The highest BCUT2D eigenvalue weighted by Gasteiger charge is 2.22. The van der Waals surface area contributed by atoms with Gasteiger partial charge in [-0.15, -0.1) is 0 Å². The third kappa shape index (κ3) is 4.29. The Hall–Kier alpha value is -2.84. The van der Waals surface area contributed by atoms with Crippen LogP contribution in [0.15, 0.2) is 18.5 Å². The van der Waals surface area contributed by atoms with Gasteiger partial charge in [0.2, 0.25) is 5.91 Å². The van der Waals surface area contributed by atoms with Gasteiger partial charge in [-0.1, -0.05) is 0 Å². The molecule has 1 atom stereocenters. The zero-order valence-electron chi connectivity index (χ0n) is 16.3. The van der Waals surface area contributed by atoms with E-state index in [4.69, 9.17) is 0 Å². The molecule has 3 rings (SSSR count). The van der Waals surface area contributed by atoms with Crippen molar-refractivity contribution in [1.29, 1.82) is 0 Å². The topological polar surface area (TPSA) is 88.3 Å². The first-order valence-corrected chi connectivity index (χ1v) is 9.15. The van der Waals surface area contributed by atoms with Gasteiger partial charge in [-0.2, -0.15) is 10.2 Å². The van der Waals surface area contributed by atoms with Gasteiger partial charge in [0, 0.05) is 33.4 Å². The molecule has 1 aliphatic heterocycles. The highest BCUT2D eigenvalue weighted by atomic mass is 16.2. The average molecular weight is 373 g/mol. The molecular weight excluding hydrogens is 346 g/mol. The van der Waals surface area contributed by atoms with Crippen molar-refractivity contribution in [2.75, 3.05) is 20.6 Å². The van der Waals surface area contributed by atoms with Crippen molar-refractivity contribution in [2.45, 2.75) is 45.9 Å². The molecule has 2 aromatic heterocycles. The molecule has 1 N–H and O–H groups in total. The van der Waals surface area contributed by atoms with Gasteiger partial charge in [0.1, 0.15) is 6.04 Å². The number of rotatable bonds is 4. The van der Waals surface area contributed by atoms with Crippen LogP contribution in [-0.4, -0.2) is 61.9 Å². The SMILES string of the molecule is Cc1cnn(C(C)C(=O)NCc2cc3n(n2)CCCN(C(=O)N(C)C)C3)c1. The van der Waals surface area contributed by atoms with Crippen LogP contribution < -0.4 is 5.32 Å². The summed E-state index contributed by atoms with van der Waals surface area (Å²) in [5.74, 6) is -0.106. The molecule has 9 heteroatoms. The van der Waals surface area contributed by atoms with Crippen LogP contribution in [0.5, 0.6) is 0 Å². The van der Waals surface area contributed by atoms with E-state index < -0.39 is 0 Å². The number of amides is 3. The molecule has 3 heterocycles. The molecule has 0 aromatic carbocycles. The van der Waals surface area contributed by atoms with Crippen molar-refractivity contribution >= 4 is 11.9 Å². The summed E-state index contributed by atoms with van der Waals surface area (Å²) in [6.45, 7) is 6.12. The van der Waals surface area contributed by atoms with Crippen LogP contribution in [0.4, 0.5) is 4.79 Å². The molecule has 9 nitrogen and oxygen atoms in total. The monoisotopic (exact) mass is 373 g/mol. The van der Waals surface area contributed by atoms with Crippen molar-refractivity contribution in [1.82, 2.24) is 34.7 Å². The lowest BCUT2D eigenvalue weighted by atomic mass is 10.3. The molecule has 27 heavy (non-hydrogen) atoms. The minimum Gasteiger partial charge on any atom is -0.349 e. The van der Waals surface area contributed by atoms with Crippen molar-refractivity contribution in [2.24, 2.45) is 0 Å². The minimum atomic E-state index is -0.382. The Morgan fingerprint density at radius 2 is 2.11 bits per heavy atom. The minimum absolute atomic E-state index is 0.00263. The van der Waals surface area contributed by atoms with Gasteiger partial charge in [0.05, 0.1) is 30.7 Å². The lowest BCUT2D eigenvalue weighted by Gasteiger charge is -2.23. The second kappa shape index (κ2) is 7.81. The highest BCUT2D eigenvalue weighted by molar-refractivity contribution is 5.79. The van der Waals surface area contributed by atoms with Crippen LogP contribution in [0.25, 0.3) is 0 Å². The van der Waals surface area contributed by atoms with Crippen LogP contribution in [-0.2, 0) is 24.4 Å². The second-order valence-corrected chi connectivity index (χ2v) is 7.19. The predicted octanol–water partition coefficient (Wildman–Crippen LogP) is 1.15. The summed E-state index contributed by atoms with van der Waals surface area (Å²) in [5.41, 5.74) is 2.80. The van der Waals surface area contributed by atoms with Crippen molar-refractivity contribution in [3.63, 3.8) is 0 Å². The number of carbonyl (C=O) groups excluding carboxylic acids is 2. The molecule has 146 valence electrons. The largest absolute Gasteiger partial charge is 0.349 e. The van der Waals surface area contributed by atoms with Gasteiger partial charge in [0.25, 0.3) is 0 Å². The maximum atomic E-state index is 12.4. The maximum absolute atomic E-state index is 12.4.